The minimum atomic E-state index is -4.05. The van der Waals surface area contributed by atoms with Crippen molar-refractivity contribution in [2.45, 2.75) is 29.9 Å². The van der Waals surface area contributed by atoms with Crippen LogP contribution in [-0.2, 0) is 9.84 Å². The van der Waals surface area contributed by atoms with Crippen molar-refractivity contribution >= 4 is 58.2 Å². The van der Waals surface area contributed by atoms with Gasteiger partial charge in [0.15, 0.2) is 20.8 Å². The van der Waals surface area contributed by atoms with Crippen LogP contribution in [0.5, 0.6) is 0 Å². The summed E-state index contributed by atoms with van der Waals surface area (Å²) in [6, 6.07) is 9.03. The van der Waals surface area contributed by atoms with E-state index in [1.54, 1.807) is 0 Å². The Hall–Kier alpha value is -1.36. The SMILES string of the molecule is Cc1ccc(-c2csc(N3CCC(S(=O)(=O)c4c(F)c(Br)cc(F)c4Br)CC3)n2)cc1. The first-order valence-electron chi connectivity index (χ1n) is 9.53. The van der Waals surface area contributed by atoms with E-state index in [1.807, 2.05) is 41.5 Å². The molecule has 10 heteroatoms. The second kappa shape index (κ2) is 8.88. The quantitative estimate of drug-likeness (QED) is 0.331. The number of anilines is 1. The van der Waals surface area contributed by atoms with Crippen LogP contribution in [0.4, 0.5) is 13.9 Å². The molecule has 1 saturated heterocycles. The van der Waals surface area contributed by atoms with Crippen LogP contribution in [0.25, 0.3) is 11.3 Å². The Bertz CT molecular complexity index is 1200. The summed E-state index contributed by atoms with van der Waals surface area (Å²) in [6.07, 6.45) is 0.615. The Balaban J connectivity index is 1.51. The van der Waals surface area contributed by atoms with E-state index in [-0.39, 0.29) is 8.95 Å². The molecule has 0 amide bonds. The fourth-order valence-corrected chi connectivity index (χ4v) is 7.85. The molecule has 0 radical (unpaired) electrons. The Kier molecular flexibility index (Phi) is 6.54. The summed E-state index contributed by atoms with van der Waals surface area (Å²) in [5, 5.41) is 2.02. The number of aryl methyl sites for hydroxylation is 1. The molecule has 0 aliphatic carbocycles. The van der Waals surface area contributed by atoms with E-state index in [0.29, 0.717) is 25.9 Å². The Morgan fingerprint density at radius 3 is 2.42 bits per heavy atom. The zero-order valence-corrected chi connectivity index (χ0v) is 21.2. The number of thiazole rings is 1. The molecular formula is C21H18Br2F2N2O2S2. The molecule has 0 unspecified atom stereocenters. The molecule has 1 aliphatic rings. The number of nitrogens with zero attached hydrogens (tertiary/aromatic N) is 2. The van der Waals surface area contributed by atoms with Gasteiger partial charge < -0.3 is 4.90 Å². The second-order valence-corrected chi connectivity index (χ2v) is 12.1. The Morgan fingerprint density at radius 2 is 1.77 bits per heavy atom. The molecule has 0 saturated carbocycles. The molecule has 2 aromatic carbocycles. The van der Waals surface area contributed by atoms with Crippen molar-refractivity contribution in [2.75, 3.05) is 18.0 Å². The smallest absolute Gasteiger partial charge is 0.185 e. The van der Waals surface area contributed by atoms with Crippen LogP contribution in [-0.4, -0.2) is 31.7 Å². The fourth-order valence-electron chi connectivity index (χ4n) is 3.59. The van der Waals surface area contributed by atoms with Gasteiger partial charge in [0, 0.05) is 24.0 Å². The average molecular weight is 592 g/mol. The minimum absolute atomic E-state index is 0.212. The van der Waals surface area contributed by atoms with E-state index >= 15 is 0 Å². The van der Waals surface area contributed by atoms with Crippen molar-refractivity contribution in [3.63, 3.8) is 0 Å². The summed E-state index contributed by atoms with van der Waals surface area (Å²) < 4.78 is 54.3. The molecule has 31 heavy (non-hydrogen) atoms. The number of hydrogen-bond acceptors (Lipinski definition) is 5. The maximum absolute atomic E-state index is 14.6. The highest BCUT2D eigenvalue weighted by molar-refractivity contribution is 9.11. The van der Waals surface area contributed by atoms with Crippen LogP contribution >= 0.6 is 43.2 Å². The summed E-state index contributed by atoms with van der Waals surface area (Å²) in [6.45, 7) is 2.97. The first-order chi connectivity index (χ1) is 14.7. The van der Waals surface area contributed by atoms with Gasteiger partial charge in [-0.3, -0.25) is 0 Å². The van der Waals surface area contributed by atoms with Crippen LogP contribution < -0.4 is 4.90 Å². The Labute approximate surface area is 200 Å². The molecule has 4 nitrogen and oxygen atoms in total. The molecule has 164 valence electrons. The molecule has 2 heterocycles. The van der Waals surface area contributed by atoms with Crippen LogP contribution in [0.15, 0.2) is 49.6 Å². The maximum Gasteiger partial charge on any atom is 0.185 e. The summed E-state index contributed by atoms with van der Waals surface area (Å²) in [5.74, 6) is -1.80. The van der Waals surface area contributed by atoms with Gasteiger partial charge in [-0.25, -0.2) is 22.2 Å². The van der Waals surface area contributed by atoms with Crippen LogP contribution in [0.2, 0.25) is 0 Å². The Morgan fingerprint density at radius 1 is 1.13 bits per heavy atom. The number of rotatable bonds is 4. The van der Waals surface area contributed by atoms with Crippen molar-refractivity contribution in [2.24, 2.45) is 0 Å². The number of piperidine rings is 1. The lowest BCUT2D eigenvalue weighted by atomic mass is 10.1. The predicted molar refractivity (Wildman–Crippen MR) is 126 cm³/mol. The summed E-state index contributed by atoms with van der Waals surface area (Å²) in [7, 11) is -4.05. The minimum Gasteiger partial charge on any atom is -0.348 e. The van der Waals surface area contributed by atoms with Gasteiger partial charge in [-0.2, -0.15) is 0 Å². The van der Waals surface area contributed by atoms with E-state index in [9.17, 15) is 17.2 Å². The number of benzene rings is 2. The lowest BCUT2D eigenvalue weighted by Crippen LogP contribution is -2.39. The van der Waals surface area contributed by atoms with E-state index in [4.69, 9.17) is 4.98 Å². The van der Waals surface area contributed by atoms with Gasteiger partial charge in [0.1, 0.15) is 10.7 Å². The van der Waals surface area contributed by atoms with Crippen molar-refractivity contribution in [3.05, 3.63) is 61.9 Å². The molecular weight excluding hydrogens is 574 g/mol. The first kappa shape index (κ1) is 22.8. The zero-order chi connectivity index (χ0) is 22.3. The van der Waals surface area contributed by atoms with E-state index in [1.165, 1.54) is 16.9 Å². The first-order valence-corrected chi connectivity index (χ1v) is 13.5. The lowest BCUT2D eigenvalue weighted by Gasteiger charge is -2.31. The van der Waals surface area contributed by atoms with Crippen molar-refractivity contribution in [1.82, 2.24) is 4.98 Å². The third-order valence-corrected chi connectivity index (χ3v) is 10.2. The summed E-state index contributed by atoms with van der Waals surface area (Å²) in [4.78, 5) is 6.13. The van der Waals surface area contributed by atoms with Crippen molar-refractivity contribution in [1.29, 1.82) is 0 Å². The van der Waals surface area contributed by atoms with Gasteiger partial charge in [-0.05, 0) is 57.7 Å². The topological polar surface area (TPSA) is 50.3 Å². The monoisotopic (exact) mass is 590 g/mol. The van der Waals surface area contributed by atoms with E-state index in [2.05, 4.69) is 31.9 Å². The maximum atomic E-state index is 14.6. The van der Waals surface area contributed by atoms with Gasteiger partial charge >= 0.3 is 0 Å². The standard InChI is InChI=1S/C21H18Br2F2N2O2S2/c1-12-2-4-13(5-3-12)17-11-30-21(26-17)27-8-6-14(7-9-27)31(28,29)20-18(23)16(24)10-15(22)19(20)25/h2-5,10-11,14H,6-9H2,1H3. The normalized spacial score (nSPS) is 15.5. The number of sulfone groups is 1. The number of hydrogen-bond donors (Lipinski definition) is 0. The molecule has 1 aliphatic heterocycles. The van der Waals surface area contributed by atoms with Gasteiger partial charge in [-0.15, -0.1) is 11.3 Å². The van der Waals surface area contributed by atoms with Gasteiger partial charge in [-0.1, -0.05) is 29.8 Å². The largest absolute Gasteiger partial charge is 0.348 e. The van der Waals surface area contributed by atoms with Crippen LogP contribution in [0, 0.1) is 18.6 Å². The van der Waals surface area contributed by atoms with Crippen molar-refractivity contribution < 1.29 is 17.2 Å². The highest BCUT2D eigenvalue weighted by Crippen LogP contribution is 2.37. The third kappa shape index (κ3) is 4.44. The molecule has 0 atom stereocenters. The van der Waals surface area contributed by atoms with Gasteiger partial charge in [0.2, 0.25) is 0 Å². The fraction of sp³-hybridized carbons (Fsp3) is 0.286. The third-order valence-electron chi connectivity index (χ3n) is 5.35. The van der Waals surface area contributed by atoms with Crippen molar-refractivity contribution in [3.8, 4) is 11.3 Å². The molecule has 0 bridgehead atoms. The molecule has 0 spiro atoms. The summed E-state index contributed by atoms with van der Waals surface area (Å²) >= 11 is 7.32. The van der Waals surface area contributed by atoms with E-state index in [0.717, 1.165) is 22.5 Å². The molecule has 3 aromatic rings. The zero-order valence-electron chi connectivity index (χ0n) is 16.4. The predicted octanol–water partition coefficient (Wildman–Crippen LogP) is 6.36. The van der Waals surface area contributed by atoms with Gasteiger partial charge in [0.25, 0.3) is 0 Å². The van der Waals surface area contributed by atoms with Crippen LogP contribution in [0.3, 0.4) is 0 Å². The van der Waals surface area contributed by atoms with Gasteiger partial charge in [0.05, 0.1) is 19.9 Å². The number of halogens is 4. The molecule has 1 aromatic heterocycles. The highest BCUT2D eigenvalue weighted by Gasteiger charge is 2.36. The summed E-state index contributed by atoms with van der Waals surface area (Å²) in [5.41, 5.74) is 3.09. The molecule has 4 rings (SSSR count). The molecule has 0 N–H and O–H groups in total. The van der Waals surface area contributed by atoms with Crippen LogP contribution in [0.1, 0.15) is 18.4 Å². The lowest BCUT2D eigenvalue weighted by molar-refractivity contribution is 0.512. The van der Waals surface area contributed by atoms with E-state index < -0.39 is 31.6 Å². The second-order valence-electron chi connectivity index (χ2n) is 7.41. The molecule has 1 fully saturated rings. The average Bonchev–Trinajstić information content (AvgIpc) is 3.23. The number of aromatic nitrogens is 1. The highest BCUT2D eigenvalue weighted by atomic mass is 79.9.